The monoisotopic (exact) mass is 398 g/mol. The molecule has 1 unspecified atom stereocenters. The van der Waals surface area contributed by atoms with E-state index in [1.165, 1.54) is 0 Å². The number of hydrogen-bond acceptors (Lipinski definition) is 4. The van der Waals surface area contributed by atoms with Gasteiger partial charge in [0, 0.05) is 17.6 Å². The number of carbonyl (C=O) groups excluding carboxylic acids is 1. The van der Waals surface area contributed by atoms with Crippen molar-refractivity contribution in [2.45, 2.75) is 12.3 Å². The lowest BCUT2D eigenvalue weighted by Crippen LogP contribution is -2.38. The highest BCUT2D eigenvalue weighted by atomic mass is 16.4. The van der Waals surface area contributed by atoms with Gasteiger partial charge in [0.1, 0.15) is 5.69 Å². The lowest BCUT2D eigenvalue weighted by molar-refractivity contribution is -0.139. The summed E-state index contributed by atoms with van der Waals surface area (Å²) < 4.78 is 5.49. The normalized spacial score (nSPS) is 15.7. The molecule has 0 saturated heterocycles. The Kier molecular flexibility index (Phi) is 4.32. The van der Waals surface area contributed by atoms with E-state index in [2.05, 4.69) is 4.98 Å². The van der Waals surface area contributed by atoms with Gasteiger partial charge >= 0.3 is 5.97 Å². The van der Waals surface area contributed by atoms with E-state index in [1.807, 2.05) is 30.3 Å². The molecule has 1 atom stereocenters. The van der Waals surface area contributed by atoms with Crippen LogP contribution in [0.5, 0.6) is 0 Å². The molecule has 1 aliphatic rings. The Hall–Kier alpha value is -3.93. The van der Waals surface area contributed by atoms with Gasteiger partial charge < -0.3 is 14.4 Å². The molecule has 1 N–H and O–H groups in total. The van der Waals surface area contributed by atoms with Crippen molar-refractivity contribution in [1.82, 2.24) is 4.98 Å². The van der Waals surface area contributed by atoms with E-state index >= 15 is 0 Å². The van der Waals surface area contributed by atoms with Crippen LogP contribution in [0.2, 0.25) is 0 Å². The number of hydrogen-bond donors (Lipinski definition) is 1. The molecule has 0 aliphatic carbocycles. The number of amides is 1. The van der Waals surface area contributed by atoms with E-state index in [0.29, 0.717) is 46.8 Å². The van der Waals surface area contributed by atoms with Crippen molar-refractivity contribution in [2.24, 2.45) is 0 Å². The SMILES string of the molecule is O=C(O)C1CCN(C(=O)c2cc(-c3ccco3)nc3ccccc23)c2ccccc21. The summed E-state index contributed by atoms with van der Waals surface area (Å²) in [5, 5.41) is 10.3. The van der Waals surface area contributed by atoms with Gasteiger partial charge in [0.05, 0.1) is 23.3 Å². The van der Waals surface area contributed by atoms with Crippen molar-refractivity contribution in [3.63, 3.8) is 0 Å². The molecular weight excluding hydrogens is 380 g/mol. The predicted molar refractivity (Wildman–Crippen MR) is 113 cm³/mol. The molecule has 2 aromatic heterocycles. The second kappa shape index (κ2) is 7.15. The van der Waals surface area contributed by atoms with Crippen LogP contribution in [0.15, 0.2) is 77.4 Å². The Bertz CT molecular complexity index is 1260. The molecule has 148 valence electrons. The van der Waals surface area contributed by atoms with E-state index in [1.54, 1.807) is 47.6 Å². The number of furan rings is 1. The minimum Gasteiger partial charge on any atom is -0.481 e. The van der Waals surface area contributed by atoms with Crippen LogP contribution < -0.4 is 4.90 Å². The first-order valence-electron chi connectivity index (χ1n) is 9.71. The third-order valence-corrected chi connectivity index (χ3v) is 5.51. The highest BCUT2D eigenvalue weighted by Gasteiger charge is 2.33. The number of aromatic nitrogens is 1. The fourth-order valence-electron chi connectivity index (χ4n) is 4.08. The molecule has 0 radical (unpaired) electrons. The summed E-state index contributed by atoms with van der Waals surface area (Å²) in [7, 11) is 0. The zero-order chi connectivity index (χ0) is 20.7. The first-order chi connectivity index (χ1) is 14.6. The number of anilines is 1. The number of fused-ring (bicyclic) bond motifs is 2. The molecule has 0 bridgehead atoms. The maximum absolute atomic E-state index is 13.7. The van der Waals surface area contributed by atoms with Crippen LogP contribution in [0.3, 0.4) is 0 Å². The van der Waals surface area contributed by atoms with E-state index in [-0.39, 0.29) is 5.91 Å². The molecule has 0 spiro atoms. The summed E-state index contributed by atoms with van der Waals surface area (Å²) in [5.74, 6) is -1.08. The summed E-state index contributed by atoms with van der Waals surface area (Å²) >= 11 is 0. The smallest absolute Gasteiger partial charge is 0.311 e. The minimum absolute atomic E-state index is 0.183. The summed E-state index contributed by atoms with van der Waals surface area (Å²) in [6.07, 6.45) is 1.94. The first-order valence-corrected chi connectivity index (χ1v) is 9.71. The second-order valence-corrected chi connectivity index (χ2v) is 7.24. The van der Waals surface area contributed by atoms with Gasteiger partial charge in [-0.05, 0) is 42.3 Å². The number of carbonyl (C=O) groups is 2. The van der Waals surface area contributed by atoms with Crippen molar-refractivity contribution in [3.8, 4) is 11.5 Å². The van der Waals surface area contributed by atoms with E-state index in [9.17, 15) is 14.7 Å². The van der Waals surface area contributed by atoms with Gasteiger partial charge in [-0.25, -0.2) is 4.98 Å². The summed E-state index contributed by atoms with van der Waals surface area (Å²) in [4.78, 5) is 31.7. The average Bonchev–Trinajstić information content (AvgIpc) is 3.32. The molecule has 3 heterocycles. The fraction of sp³-hybridized carbons (Fsp3) is 0.125. The molecule has 30 heavy (non-hydrogen) atoms. The number of aliphatic carboxylic acids is 1. The van der Waals surface area contributed by atoms with Crippen LogP contribution in [-0.4, -0.2) is 28.5 Å². The molecule has 5 rings (SSSR count). The highest BCUT2D eigenvalue weighted by molar-refractivity contribution is 6.14. The van der Waals surface area contributed by atoms with Gasteiger partial charge in [-0.1, -0.05) is 36.4 Å². The fourth-order valence-corrected chi connectivity index (χ4v) is 4.08. The van der Waals surface area contributed by atoms with Crippen molar-refractivity contribution < 1.29 is 19.1 Å². The molecule has 0 fully saturated rings. The Balaban J connectivity index is 1.65. The topological polar surface area (TPSA) is 83.6 Å². The maximum Gasteiger partial charge on any atom is 0.311 e. The molecule has 4 aromatic rings. The number of rotatable bonds is 3. The maximum atomic E-state index is 13.7. The molecule has 6 heteroatoms. The van der Waals surface area contributed by atoms with Gasteiger partial charge in [0.15, 0.2) is 5.76 Å². The Morgan fingerprint density at radius 1 is 1.03 bits per heavy atom. The largest absolute Gasteiger partial charge is 0.481 e. The molecule has 2 aromatic carbocycles. The van der Waals surface area contributed by atoms with Gasteiger partial charge in [0.25, 0.3) is 5.91 Å². The predicted octanol–water partition coefficient (Wildman–Crippen LogP) is 4.71. The standard InChI is InChI=1S/C24H18N2O4/c27-23(26-12-11-17(24(28)29)16-7-2-4-9-21(16)26)18-14-20(22-10-5-13-30-22)25-19-8-3-1-6-15(18)19/h1-10,13-14,17H,11-12H2,(H,28,29). The zero-order valence-corrected chi connectivity index (χ0v) is 16.0. The van der Waals surface area contributed by atoms with Crippen LogP contribution in [0.1, 0.15) is 28.3 Å². The number of para-hydroxylation sites is 2. The van der Waals surface area contributed by atoms with Gasteiger partial charge in [-0.15, -0.1) is 0 Å². The van der Waals surface area contributed by atoms with Crippen LogP contribution >= 0.6 is 0 Å². The van der Waals surface area contributed by atoms with Crippen LogP contribution in [0.4, 0.5) is 5.69 Å². The zero-order valence-electron chi connectivity index (χ0n) is 16.0. The Morgan fingerprint density at radius 3 is 2.63 bits per heavy atom. The lowest BCUT2D eigenvalue weighted by Gasteiger charge is -2.33. The van der Waals surface area contributed by atoms with Gasteiger partial charge in [0.2, 0.25) is 0 Å². The van der Waals surface area contributed by atoms with Crippen LogP contribution in [0.25, 0.3) is 22.4 Å². The molecule has 1 aliphatic heterocycles. The molecule has 1 amide bonds. The number of benzene rings is 2. The Morgan fingerprint density at radius 2 is 1.83 bits per heavy atom. The van der Waals surface area contributed by atoms with Gasteiger partial charge in [-0.3, -0.25) is 9.59 Å². The van der Waals surface area contributed by atoms with Gasteiger partial charge in [-0.2, -0.15) is 0 Å². The summed E-state index contributed by atoms with van der Waals surface area (Å²) in [5.41, 5.74) is 3.09. The third kappa shape index (κ3) is 2.93. The molecule has 6 nitrogen and oxygen atoms in total. The number of carboxylic acids is 1. The van der Waals surface area contributed by atoms with Crippen LogP contribution in [-0.2, 0) is 4.79 Å². The second-order valence-electron chi connectivity index (χ2n) is 7.24. The Labute approximate surface area is 172 Å². The average molecular weight is 398 g/mol. The van der Waals surface area contributed by atoms with E-state index in [0.717, 1.165) is 5.39 Å². The summed E-state index contributed by atoms with van der Waals surface area (Å²) in [6.45, 7) is 0.333. The quantitative estimate of drug-likeness (QED) is 0.540. The van der Waals surface area contributed by atoms with Crippen molar-refractivity contribution in [1.29, 1.82) is 0 Å². The highest BCUT2D eigenvalue weighted by Crippen LogP contribution is 2.37. The molecule has 0 saturated carbocycles. The number of pyridine rings is 1. The molecular formula is C24H18N2O4. The lowest BCUT2D eigenvalue weighted by atomic mass is 9.89. The van der Waals surface area contributed by atoms with E-state index < -0.39 is 11.9 Å². The number of nitrogens with zero attached hydrogens (tertiary/aromatic N) is 2. The first kappa shape index (κ1) is 18.1. The van der Waals surface area contributed by atoms with Crippen LogP contribution in [0, 0.1) is 0 Å². The van der Waals surface area contributed by atoms with Crippen molar-refractivity contribution in [3.05, 3.63) is 84.1 Å². The van der Waals surface area contributed by atoms with E-state index in [4.69, 9.17) is 4.42 Å². The van der Waals surface area contributed by atoms with Crippen molar-refractivity contribution >= 4 is 28.5 Å². The minimum atomic E-state index is -0.871. The number of carboxylic acid groups (broad SMARTS) is 1. The van der Waals surface area contributed by atoms with Crippen molar-refractivity contribution in [2.75, 3.05) is 11.4 Å². The third-order valence-electron chi connectivity index (χ3n) is 5.51. The summed E-state index contributed by atoms with van der Waals surface area (Å²) in [6, 6.07) is 20.0.